The molecule has 5 heteroatoms. The Hall–Kier alpha value is -2.01. The maximum atomic E-state index is 9.84. The van der Waals surface area contributed by atoms with Crippen LogP contribution in [-0.4, -0.2) is 17.2 Å². The minimum atomic E-state index is -1.57. The average molecular weight is 297 g/mol. The summed E-state index contributed by atoms with van der Waals surface area (Å²) >= 11 is 5.99. The zero-order valence-corrected chi connectivity index (χ0v) is 11.6. The second kappa shape index (κ2) is 4.50. The Balaban J connectivity index is 2.29. The summed E-state index contributed by atoms with van der Waals surface area (Å²) in [5.74, 6) is 0. The van der Waals surface area contributed by atoms with Gasteiger partial charge in [-0.25, -0.2) is 0 Å². The fourth-order valence-electron chi connectivity index (χ4n) is 2.88. The molecule has 0 spiro atoms. The lowest BCUT2D eigenvalue weighted by Gasteiger charge is -2.07. The Labute approximate surface area is 125 Å². The molecule has 3 nitrogen and oxygen atoms in total. The molecular weight excluding hydrogens is 286 g/mol. The van der Waals surface area contributed by atoms with Crippen molar-refractivity contribution in [2.75, 3.05) is 0 Å². The third-order valence-electron chi connectivity index (χ3n) is 3.74. The first-order valence-electron chi connectivity index (χ1n) is 6.55. The van der Waals surface area contributed by atoms with Gasteiger partial charge in [-0.1, -0.05) is 35.9 Å². The Morgan fingerprint density at radius 2 is 1.71 bits per heavy atom. The van der Waals surface area contributed by atoms with Gasteiger partial charge in [0.1, 0.15) is 11.2 Å². The van der Waals surface area contributed by atoms with E-state index in [1.165, 1.54) is 0 Å². The SMILES string of the molecule is OB(O)c1c2ccccc2cc2oc3cc(Cl)ccc3c12. The molecule has 0 amide bonds. The van der Waals surface area contributed by atoms with Crippen molar-refractivity contribution in [3.8, 4) is 0 Å². The average Bonchev–Trinajstić information content (AvgIpc) is 2.80. The number of hydrogen-bond donors (Lipinski definition) is 2. The molecule has 4 aromatic rings. The molecule has 3 aromatic carbocycles. The first kappa shape index (κ1) is 12.7. The van der Waals surface area contributed by atoms with Crippen molar-refractivity contribution in [2.45, 2.75) is 0 Å². The Bertz CT molecular complexity index is 991. The van der Waals surface area contributed by atoms with Crippen LogP contribution in [0.1, 0.15) is 0 Å². The normalized spacial score (nSPS) is 11.6. The number of halogens is 1. The van der Waals surface area contributed by atoms with Crippen LogP contribution in [0.3, 0.4) is 0 Å². The molecule has 0 aliphatic heterocycles. The van der Waals surface area contributed by atoms with Gasteiger partial charge in [0.2, 0.25) is 0 Å². The third kappa shape index (κ3) is 1.84. The monoisotopic (exact) mass is 296 g/mol. The van der Waals surface area contributed by atoms with E-state index in [0.29, 0.717) is 21.7 Å². The second-order valence-corrected chi connectivity index (χ2v) is 5.44. The second-order valence-electron chi connectivity index (χ2n) is 5.00. The highest BCUT2D eigenvalue weighted by molar-refractivity contribution is 6.66. The molecular formula is C16H10BClO3. The largest absolute Gasteiger partial charge is 0.489 e. The molecule has 2 N–H and O–H groups in total. The summed E-state index contributed by atoms with van der Waals surface area (Å²) in [6.07, 6.45) is 0. The summed E-state index contributed by atoms with van der Waals surface area (Å²) in [6, 6.07) is 14.8. The van der Waals surface area contributed by atoms with E-state index in [2.05, 4.69) is 0 Å². The number of rotatable bonds is 1. The molecule has 0 saturated carbocycles. The van der Waals surface area contributed by atoms with Crippen LogP contribution in [-0.2, 0) is 0 Å². The van der Waals surface area contributed by atoms with Gasteiger partial charge in [-0.15, -0.1) is 0 Å². The maximum Gasteiger partial charge on any atom is 0.489 e. The molecule has 21 heavy (non-hydrogen) atoms. The standard InChI is InChI=1S/C16H10BClO3/c18-10-5-6-12-13(8-10)21-14-7-9-3-1-2-4-11(9)16(15(12)14)17(19)20/h1-8,19-20H. The van der Waals surface area contributed by atoms with Crippen LogP contribution >= 0.6 is 11.6 Å². The molecule has 1 heterocycles. The topological polar surface area (TPSA) is 53.6 Å². The van der Waals surface area contributed by atoms with Crippen LogP contribution < -0.4 is 5.46 Å². The van der Waals surface area contributed by atoms with Crippen LogP contribution in [0.15, 0.2) is 52.9 Å². The fraction of sp³-hybridized carbons (Fsp3) is 0. The van der Waals surface area contributed by atoms with E-state index in [4.69, 9.17) is 16.0 Å². The molecule has 0 aliphatic carbocycles. The van der Waals surface area contributed by atoms with Crippen molar-refractivity contribution in [2.24, 2.45) is 0 Å². The van der Waals surface area contributed by atoms with E-state index >= 15 is 0 Å². The molecule has 0 aliphatic rings. The van der Waals surface area contributed by atoms with Crippen LogP contribution in [0.25, 0.3) is 32.7 Å². The van der Waals surface area contributed by atoms with E-state index in [0.717, 1.165) is 21.5 Å². The van der Waals surface area contributed by atoms with Crippen LogP contribution in [0, 0.1) is 0 Å². The van der Waals surface area contributed by atoms with E-state index in [9.17, 15) is 10.0 Å². The van der Waals surface area contributed by atoms with E-state index in [1.807, 2.05) is 36.4 Å². The number of hydrogen-bond acceptors (Lipinski definition) is 3. The van der Waals surface area contributed by atoms with Gasteiger partial charge in [0, 0.05) is 27.3 Å². The third-order valence-corrected chi connectivity index (χ3v) is 3.98. The minimum absolute atomic E-state index is 0.462. The van der Waals surface area contributed by atoms with Crippen LogP contribution in [0.4, 0.5) is 0 Å². The Morgan fingerprint density at radius 1 is 0.905 bits per heavy atom. The zero-order valence-electron chi connectivity index (χ0n) is 10.9. The predicted octanol–water partition coefficient (Wildman–Crippen LogP) is 3.07. The number of benzene rings is 3. The summed E-state index contributed by atoms with van der Waals surface area (Å²) in [6.45, 7) is 0. The van der Waals surface area contributed by atoms with Gasteiger partial charge in [0.25, 0.3) is 0 Å². The van der Waals surface area contributed by atoms with Crippen molar-refractivity contribution >= 4 is 56.9 Å². The van der Waals surface area contributed by atoms with Crippen molar-refractivity contribution in [1.29, 1.82) is 0 Å². The number of furan rings is 1. The maximum absolute atomic E-state index is 9.84. The van der Waals surface area contributed by atoms with E-state index < -0.39 is 7.12 Å². The van der Waals surface area contributed by atoms with Gasteiger partial charge in [-0.05, 0) is 29.0 Å². The molecule has 4 rings (SSSR count). The molecule has 0 saturated heterocycles. The van der Waals surface area contributed by atoms with Crippen molar-refractivity contribution in [1.82, 2.24) is 0 Å². The zero-order chi connectivity index (χ0) is 14.6. The highest BCUT2D eigenvalue weighted by Gasteiger charge is 2.22. The highest BCUT2D eigenvalue weighted by Crippen LogP contribution is 2.32. The molecule has 0 unspecified atom stereocenters. The van der Waals surface area contributed by atoms with Gasteiger partial charge in [0.15, 0.2) is 0 Å². The summed E-state index contributed by atoms with van der Waals surface area (Å²) in [5, 5.41) is 23.5. The van der Waals surface area contributed by atoms with Gasteiger partial charge in [-0.2, -0.15) is 0 Å². The summed E-state index contributed by atoms with van der Waals surface area (Å²) in [4.78, 5) is 0. The van der Waals surface area contributed by atoms with Crippen LogP contribution in [0.5, 0.6) is 0 Å². The van der Waals surface area contributed by atoms with Crippen LogP contribution in [0.2, 0.25) is 5.02 Å². The summed E-state index contributed by atoms with van der Waals surface area (Å²) < 4.78 is 5.83. The molecule has 0 atom stereocenters. The Kier molecular flexibility index (Phi) is 2.72. The predicted molar refractivity (Wildman–Crippen MR) is 86.1 cm³/mol. The van der Waals surface area contributed by atoms with E-state index in [1.54, 1.807) is 12.1 Å². The van der Waals surface area contributed by atoms with E-state index in [-0.39, 0.29) is 0 Å². The minimum Gasteiger partial charge on any atom is -0.456 e. The van der Waals surface area contributed by atoms with Crippen molar-refractivity contribution in [3.05, 3.63) is 53.6 Å². The molecule has 1 aromatic heterocycles. The lowest BCUT2D eigenvalue weighted by Crippen LogP contribution is -2.31. The Morgan fingerprint density at radius 3 is 2.52 bits per heavy atom. The summed E-state index contributed by atoms with van der Waals surface area (Å²) in [5.41, 5.74) is 1.72. The fourth-order valence-corrected chi connectivity index (χ4v) is 3.04. The van der Waals surface area contributed by atoms with Crippen molar-refractivity contribution < 1.29 is 14.5 Å². The molecule has 0 radical (unpaired) electrons. The lowest BCUT2D eigenvalue weighted by atomic mass is 9.74. The quantitative estimate of drug-likeness (QED) is 0.531. The van der Waals surface area contributed by atoms with Gasteiger partial charge in [0.05, 0.1) is 0 Å². The van der Waals surface area contributed by atoms with Crippen molar-refractivity contribution in [3.63, 3.8) is 0 Å². The first-order valence-corrected chi connectivity index (χ1v) is 6.92. The lowest BCUT2D eigenvalue weighted by molar-refractivity contribution is 0.426. The summed E-state index contributed by atoms with van der Waals surface area (Å²) in [7, 11) is -1.57. The molecule has 0 fully saturated rings. The highest BCUT2D eigenvalue weighted by atomic mass is 35.5. The molecule has 102 valence electrons. The number of fused-ring (bicyclic) bond motifs is 4. The molecule has 0 bridgehead atoms. The van der Waals surface area contributed by atoms with Gasteiger partial charge < -0.3 is 14.5 Å². The van der Waals surface area contributed by atoms with Gasteiger partial charge >= 0.3 is 7.12 Å². The van der Waals surface area contributed by atoms with Gasteiger partial charge in [-0.3, -0.25) is 0 Å². The smallest absolute Gasteiger partial charge is 0.456 e. The first-order chi connectivity index (χ1) is 10.1.